The van der Waals surface area contributed by atoms with Gasteiger partial charge in [0.05, 0.1) is 10.6 Å². The summed E-state index contributed by atoms with van der Waals surface area (Å²) >= 11 is 0.954. The summed E-state index contributed by atoms with van der Waals surface area (Å²) in [6, 6.07) is 8.86. The lowest BCUT2D eigenvalue weighted by Gasteiger charge is -2.39. The first-order valence-electron chi connectivity index (χ1n) is 9.49. The zero-order valence-electron chi connectivity index (χ0n) is 17.3. The smallest absolute Gasteiger partial charge is 0.243 e. The molecule has 3 rings (SSSR count). The Morgan fingerprint density at radius 2 is 1.69 bits per heavy atom. The molecule has 1 aromatic carbocycles. The van der Waals surface area contributed by atoms with E-state index in [2.05, 4.69) is 18.7 Å². The van der Waals surface area contributed by atoms with Crippen LogP contribution < -0.4 is 4.90 Å². The second-order valence-electron chi connectivity index (χ2n) is 8.43. The standard InChI is InChI=1S/C20H28N2O4S3/c1-20(2)9-11-22(12-10-20)18-8-6-5-7-16(18)15-28(23,24)19-13-17(14-27-19)29(25,26)21(3)4/h5-8,13-14H,9-12,15H2,1-4H3. The van der Waals surface area contributed by atoms with Gasteiger partial charge in [0, 0.05) is 38.3 Å². The van der Waals surface area contributed by atoms with E-state index in [0.29, 0.717) is 5.41 Å². The van der Waals surface area contributed by atoms with E-state index in [0.717, 1.165) is 52.8 Å². The molecule has 0 N–H and O–H groups in total. The van der Waals surface area contributed by atoms with Crippen molar-refractivity contribution in [3.8, 4) is 0 Å². The van der Waals surface area contributed by atoms with Crippen LogP contribution in [0.4, 0.5) is 5.69 Å². The molecule has 0 bridgehead atoms. The van der Waals surface area contributed by atoms with Crippen LogP contribution in [0.3, 0.4) is 0 Å². The van der Waals surface area contributed by atoms with Crippen molar-refractivity contribution in [3.05, 3.63) is 41.3 Å². The van der Waals surface area contributed by atoms with Crippen LogP contribution in [0, 0.1) is 5.41 Å². The number of para-hydroxylation sites is 1. The number of piperidine rings is 1. The van der Waals surface area contributed by atoms with E-state index in [1.165, 1.54) is 25.5 Å². The minimum atomic E-state index is -3.65. The molecule has 1 aliphatic rings. The van der Waals surface area contributed by atoms with Gasteiger partial charge < -0.3 is 4.90 Å². The number of sulfone groups is 1. The third-order valence-corrected chi connectivity index (χ3v) is 10.6. The van der Waals surface area contributed by atoms with Gasteiger partial charge in [-0.1, -0.05) is 32.0 Å². The maximum absolute atomic E-state index is 13.0. The Morgan fingerprint density at radius 1 is 1.07 bits per heavy atom. The van der Waals surface area contributed by atoms with E-state index in [9.17, 15) is 16.8 Å². The van der Waals surface area contributed by atoms with Crippen molar-refractivity contribution in [3.63, 3.8) is 0 Å². The first-order chi connectivity index (χ1) is 13.4. The maximum Gasteiger partial charge on any atom is 0.243 e. The van der Waals surface area contributed by atoms with Crippen LogP contribution in [-0.4, -0.2) is 48.3 Å². The molecule has 6 nitrogen and oxygen atoms in total. The molecule has 0 spiro atoms. The second-order valence-corrected chi connectivity index (χ2v) is 13.7. The maximum atomic E-state index is 13.0. The number of sulfonamides is 1. The van der Waals surface area contributed by atoms with Gasteiger partial charge in [0.1, 0.15) is 4.21 Å². The van der Waals surface area contributed by atoms with Gasteiger partial charge in [-0.2, -0.15) is 0 Å². The Morgan fingerprint density at radius 3 is 2.31 bits per heavy atom. The summed E-state index contributed by atoms with van der Waals surface area (Å²) in [5.74, 6) is -0.148. The zero-order valence-corrected chi connectivity index (χ0v) is 19.7. The van der Waals surface area contributed by atoms with Crippen LogP contribution in [-0.2, 0) is 25.6 Å². The molecular weight excluding hydrogens is 428 g/mol. The van der Waals surface area contributed by atoms with Crippen molar-refractivity contribution >= 4 is 36.9 Å². The molecule has 1 saturated heterocycles. The lowest BCUT2D eigenvalue weighted by atomic mass is 9.82. The molecule has 9 heteroatoms. The fourth-order valence-corrected chi connectivity index (χ4v) is 7.35. The van der Waals surface area contributed by atoms with Crippen LogP contribution in [0.25, 0.3) is 0 Å². The van der Waals surface area contributed by atoms with Crippen molar-refractivity contribution in [2.75, 3.05) is 32.1 Å². The molecule has 2 heterocycles. The lowest BCUT2D eigenvalue weighted by Crippen LogP contribution is -2.37. The first kappa shape index (κ1) is 22.3. The summed E-state index contributed by atoms with van der Waals surface area (Å²) in [6.07, 6.45) is 2.12. The summed E-state index contributed by atoms with van der Waals surface area (Å²) in [7, 11) is -4.45. The molecule has 1 aromatic heterocycles. The third-order valence-electron chi connectivity index (χ3n) is 5.43. The highest BCUT2D eigenvalue weighted by Crippen LogP contribution is 2.35. The number of anilines is 1. The van der Waals surface area contributed by atoms with E-state index < -0.39 is 19.9 Å². The number of hydrogen-bond acceptors (Lipinski definition) is 6. The van der Waals surface area contributed by atoms with Gasteiger partial charge in [0.15, 0.2) is 9.84 Å². The number of benzene rings is 1. The Bertz CT molecular complexity index is 1080. The van der Waals surface area contributed by atoms with E-state index >= 15 is 0 Å². The van der Waals surface area contributed by atoms with Crippen molar-refractivity contribution in [1.29, 1.82) is 0 Å². The van der Waals surface area contributed by atoms with Gasteiger partial charge in [0.25, 0.3) is 0 Å². The van der Waals surface area contributed by atoms with Gasteiger partial charge in [-0.25, -0.2) is 21.1 Å². The SMILES string of the molecule is CN(C)S(=O)(=O)c1csc(S(=O)(=O)Cc2ccccc2N2CCC(C)(C)CC2)c1. The molecule has 0 saturated carbocycles. The molecule has 1 aliphatic heterocycles. The minimum absolute atomic E-state index is 0.0117. The Hall–Kier alpha value is -1.42. The van der Waals surface area contributed by atoms with Crippen LogP contribution in [0.15, 0.2) is 44.8 Å². The molecule has 1 fully saturated rings. The van der Waals surface area contributed by atoms with Gasteiger partial charge in [-0.3, -0.25) is 0 Å². The van der Waals surface area contributed by atoms with Gasteiger partial charge >= 0.3 is 0 Å². The summed E-state index contributed by atoms with van der Waals surface area (Å²) in [5.41, 5.74) is 2.00. The number of rotatable bonds is 6. The van der Waals surface area contributed by atoms with Crippen molar-refractivity contribution in [2.45, 2.75) is 41.5 Å². The second kappa shape index (κ2) is 8.02. The van der Waals surface area contributed by atoms with Crippen molar-refractivity contribution in [1.82, 2.24) is 4.31 Å². The molecular formula is C20H28N2O4S3. The van der Waals surface area contributed by atoms with Gasteiger partial charge in [-0.05, 0) is 36.0 Å². The Balaban J connectivity index is 1.86. The number of nitrogens with zero attached hydrogens (tertiary/aromatic N) is 2. The molecule has 0 unspecified atom stereocenters. The van der Waals surface area contributed by atoms with Gasteiger partial charge in [-0.15, -0.1) is 11.3 Å². The Labute approximate surface area is 178 Å². The van der Waals surface area contributed by atoms with E-state index in [4.69, 9.17) is 0 Å². The molecule has 0 aliphatic carbocycles. The summed E-state index contributed by atoms with van der Waals surface area (Å²) in [5, 5.41) is 1.39. The fraction of sp³-hybridized carbons (Fsp3) is 0.500. The van der Waals surface area contributed by atoms with Crippen LogP contribution in [0.1, 0.15) is 32.3 Å². The summed E-state index contributed by atoms with van der Waals surface area (Å²) in [6.45, 7) is 6.32. The van der Waals surface area contributed by atoms with Crippen LogP contribution >= 0.6 is 11.3 Å². The molecule has 29 heavy (non-hydrogen) atoms. The average molecular weight is 457 g/mol. The zero-order chi connectivity index (χ0) is 21.4. The monoisotopic (exact) mass is 456 g/mol. The van der Waals surface area contributed by atoms with Gasteiger partial charge in [0.2, 0.25) is 10.0 Å². The predicted molar refractivity (Wildman–Crippen MR) is 118 cm³/mol. The number of thiophene rings is 1. The molecule has 160 valence electrons. The number of hydrogen-bond donors (Lipinski definition) is 0. The largest absolute Gasteiger partial charge is 0.371 e. The highest BCUT2D eigenvalue weighted by atomic mass is 32.2. The van der Waals surface area contributed by atoms with Crippen molar-refractivity contribution in [2.24, 2.45) is 5.41 Å². The van der Waals surface area contributed by atoms with E-state index in [1.54, 1.807) is 0 Å². The van der Waals surface area contributed by atoms with E-state index in [-0.39, 0.29) is 14.9 Å². The average Bonchev–Trinajstić information content (AvgIpc) is 3.14. The highest BCUT2D eigenvalue weighted by molar-refractivity contribution is 7.93. The summed E-state index contributed by atoms with van der Waals surface area (Å²) < 4.78 is 51.8. The lowest BCUT2D eigenvalue weighted by molar-refractivity contribution is 0.279. The minimum Gasteiger partial charge on any atom is -0.371 e. The first-order valence-corrected chi connectivity index (χ1v) is 13.5. The summed E-state index contributed by atoms with van der Waals surface area (Å²) in [4.78, 5) is 2.27. The molecule has 0 amide bonds. The van der Waals surface area contributed by atoms with Crippen molar-refractivity contribution < 1.29 is 16.8 Å². The quantitative estimate of drug-likeness (QED) is 0.664. The predicted octanol–water partition coefficient (Wildman–Crippen LogP) is 3.60. The molecule has 0 atom stereocenters. The topological polar surface area (TPSA) is 74.8 Å². The molecule has 0 radical (unpaired) electrons. The van der Waals surface area contributed by atoms with Crippen LogP contribution in [0.2, 0.25) is 0 Å². The fourth-order valence-electron chi connectivity index (χ4n) is 3.38. The highest BCUT2D eigenvalue weighted by Gasteiger charge is 2.28. The normalized spacial score (nSPS) is 17.6. The third kappa shape index (κ3) is 4.84. The van der Waals surface area contributed by atoms with E-state index in [1.807, 2.05) is 24.3 Å². The van der Waals surface area contributed by atoms with Crippen LogP contribution in [0.5, 0.6) is 0 Å². The molecule has 2 aromatic rings. The Kier molecular flexibility index (Phi) is 6.16.